The van der Waals surface area contributed by atoms with E-state index in [1.165, 1.54) is 0 Å². The molecule has 0 fully saturated rings. The molecule has 0 radical (unpaired) electrons. The Kier molecular flexibility index (Phi) is 6.05. The SMILES string of the molecule is CN(C)C(=O)N1CCCn2nc(CNC(=O)CCc3ccccn3)cc2C1. The van der Waals surface area contributed by atoms with Crippen LogP contribution in [0.15, 0.2) is 30.5 Å². The minimum Gasteiger partial charge on any atom is -0.350 e. The van der Waals surface area contributed by atoms with Gasteiger partial charge in [0.1, 0.15) is 0 Å². The number of amides is 3. The van der Waals surface area contributed by atoms with Gasteiger partial charge in [-0.1, -0.05) is 6.07 Å². The molecule has 0 atom stereocenters. The van der Waals surface area contributed by atoms with E-state index in [0.717, 1.165) is 36.6 Å². The van der Waals surface area contributed by atoms with Crippen molar-refractivity contribution in [3.05, 3.63) is 47.5 Å². The Morgan fingerprint density at radius 3 is 2.81 bits per heavy atom. The van der Waals surface area contributed by atoms with Crippen molar-refractivity contribution in [2.45, 2.75) is 38.9 Å². The third kappa shape index (κ3) is 5.06. The molecule has 0 spiro atoms. The second-order valence-corrected chi connectivity index (χ2v) is 6.90. The molecule has 8 heteroatoms. The Hall–Kier alpha value is -2.90. The van der Waals surface area contributed by atoms with Gasteiger partial charge in [-0.05, 0) is 31.0 Å². The topological polar surface area (TPSA) is 83.4 Å². The smallest absolute Gasteiger partial charge is 0.319 e. The summed E-state index contributed by atoms with van der Waals surface area (Å²) in [7, 11) is 3.52. The second kappa shape index (κ2) is 8.66. The van der Waals surface area contributed by atoms with E-state index >= 15 is 0 Å². The van der Waals surface area contributed by atoms with Crippen molar-refractivity contribution in [1.29, 1.82) is 0 Å². The third-order valence-corrected chi connectivity index (χ3v) is 4.52. The number of urea groups is 1. The highest BCUT2D eigenvalue weighted by molar-refractivity contribution is 5.76. The first kappa shape index (κ1) is 18.9. The molecule has 2 aromatic rings. The average Bonchev–Trinajstić information content (AvgIpc) is 2.95. The van der Waals surface area contributed by atoms with Crippen LogP contribution in [0.25, 0.3) is 0 Å². The number of pyridine rings is 1. The van der Waals surface area contributed by atoms with Gasteiger partial charge in [0.2, 0.25) is 5.91 Å². The molecule has 144 valence electrons. The van der Waals surface area contributed by atoms with Gasteiger partial charge < -0.3 is 15.1 Å². The summed E-state index contributed by atoms with van der Waals surface area (Å²) in [6, 6.07) is 7.68. The monoisotopic (exact) mass is 370 g/mol. The van der Waals surface area contributed by atoms with E-state index in [0.29, 0.717) is 25.9 Å². The molecule has 1 aliphatic heterocycles. The van der Waals surface area contributed by atoms with E-state index in [4.69, 9.17) is 0 Å². The standard InChI is InChI=1S/C19H26N6O2/c1-23(2)19(27)24-10-5-11-25-17(14-24)12-16(22-25)13-21-18(26)8-7-15-6-3-4-9-20-15/h3-4,6,9,12H,5,7-8,10-11,13-14H2,1-2H3,(H,21,26). The van der Waals surface area contributed by atoms with Crippen molar-refractivity contribution in [2.24, 2.45) is 0 Å². The molecular weight excluding hydrogens is 344 g/mol. The number of hydrogen-bond acceptors (Lipinski definition) is 4. The lowest BCUT2D eigenvalue weighted by Gasteiger charge is -2.23. The number of nitrogens with one attached hydrogen (secondary N) is 1. The van der Waals surface area contributed by atoms with Crippen LogP contribution in [0.3, 0.4) is 0 Å². The number of fused-ring (bicyclic) bond motifs is 1. The average molecular weight is 370 g/mol. The van der Waals surface area contributed by atoms with E-state index in [2.05, 4.69) is 15.4 Å². The molecule has 1 N–H and O–H groups in total. The maximum Gasteiger partial charge on any atom is 0.319 e. The maximum atomic E-state index is 12.2. The van der Waals surface area contributed by atoms with E-state index in [1.807, 2.05) is 33.8 Å². The van der Waals surface area contributed by atoms with E-state index in [1.54, 1.807) is 25.2 Å². The van der Waals surface area contributed by atoms with Crippen LogP contribution in [0.1, 0.15) is 29.9 Å². The molecule has 0 bridgehead atoms. The Morgan fingerprint density at radius 1 is 1.22 bits per heavy atom. The van der Waals surface area contributed by atoms with Crippen LogP contribution >= 0.6 is 0 Å². The van der Waals surface area contributed by atoms with E-state index < -0.39 is 0 Å². The van der Waals surface area contributed by atoms with Crippen molar-refractivity contribution in [1.82, 2.24) is 29.9 Å². The summed E-state index contributed by atoms with van der Waals surface area (Å²) < 4.78 is 1.94. The molecule has 2 aromatic heterocycles. The second-order valence-electron chi connectivity index (χ2n) is 6.90. The number of rotatable bonds is 5. The van der Waals surface area contributed by atoms with Gasteiger partial charge in [-0.2, -0.15) is 5.10 Å². The Labute approximate surface area is 159 Å². The van der Waals surface area contributed by atoms with E-state index in [-0.39, 0.29) is 11.9 Å². The van der Waals surface area contributed by atoms with Gasteiger partial charge in [-0.25, -0.2) is 4.79 Å². The van der Waals surface area contributed by atoms with Crippen LogP contribution in [-0.4, -0.2) is 57.1 Å². The van der Waals surface area contributed by atoms with Crippen molar-refractivity contribution < 1.29 is 9.59 Å². The molecular formula is C19H26N6O2. The summed E-state index contributed by atoms with van der Waals surface area (Å²) in [6.45, 7) is 2.43. The highest BCUT2D eigenvalue weighted by Crippen LogP contribution is 2.15. The van der Waals surface area contributed by atoms with Crippen LogP contribution in [-0.2, 0) is 30.8 Å². The highest BCUT2D eigenvalue weighted by atomic mass is 16.2. The number of nitrogens with zero attached hydrogens (tertiary/aromatic N) is 5. The predicted octanol–water partition coefficient (Wildman–Crippen LogP) is 1.41. The first-order chi connectivity index (χ1) is 13.0. The predicted molar refractivity (Wildman–Crippen MR) is 101 cm³/mol. The van der Waals surface area contributed by atoms with Gasteiger partial charge in [0.25, 0.3) is 0 Å². The normalized spacial score (nSPS) is 13.6. The number of carbonyl (C=O) groups excluding carboxylic acids is 2. The van der Waals surface area contributed by atoms with E-state index in [9.17, 15) is 9.59 Å². The lowest BCUT2D eigenvalue weighted by atomic mass is 10.2. The summed E-state index contributed by atoms with van der Waals surface area (Å²) in [5.41, 5.74) is 2.72. The van der Waals surface area contributed by atoms with Crippen LogP contribution in [0.2, 0.25) is 0 Å². The first-order valence-corrected chi connectivity index (χ1v) is 9.21. The molecule has 3 heterocycles. The summed E-state index contributed by atoms with van der Waals surface area (Å²) in [6.07, 6.45) is 3.61. The molecule has 0 saturated heterocycles. The molecule has 3 amide bonds. The first-order valence-electron chi connectivity index (χ1n) is 9.21. The van der Waals surface area contributed by atoms with Crippen LogP contribution in [0.5, 0.6) is 0 Å². The van der Waals surface area contributed by atoms with Gasteiger partial charge in [0.05, 0.1) is 24.5 Å². The summed E-state index contributed by atoms with van der Waals surface area (Å²) >= 11 is 0. The molecule has 27 heavy (non-hydrogen) atoms. The number of carbonyl (C=O) groups is 2. The lowest BCUT2D eigenvalue weighted by molar-refractivity contribution is -0.121. The van der Waals surface area contributed by atoms with Crippen LogP contribution < -0.4 is 5.32 Å². The fourth-order valence-corrected chi connectivity index (χ4v) is 3.12. The Bertz CT molecular complexity index is 787. The van der Waals surface area contributed by atoms with Crippen molar-refractivity contribution >= 4 is 11.9 Å². The Balaban J connectivity index is 1.53. The molecule has 0 aliphatic carbocycles. The van der Waals surface area contributed by atoms with Crippen molar-refractivity contribution in [3.63, 3.8) is 0 Å². The number of hydrogen-bond donors (Lipinski definition) is 1. The molecule has 0 saturated carbocycles. The van der Waals surface area contributed by atoms with Crippen molar-refractivity contribution in [3.8, 4) is 0 Å². The molecule has 0 aromatic carbocycles. The fourth-order valence-electron chi connectivity index (χ4n) is 3.12. The number of aryl methyl sites for hydroxylation is 2. The van der Waals surface area contributed by atoms with Gasteiger partial charge >= 0.3 is 6.03 Å². The van der Waals surface area contributed by atoms with Crippen LogP contribution in [0, 0.1) is 0 Å². The minimum absolute atomic E-state index is 0.00836. The molecule has 0 unspecified atom stereocenters. The fraction of sp³-hybridized carbons (Fsp3) is 0.474. The maximum absolute atomic E-state index is 12.2. The summed E-state index contributed by atoms with van der Waals surface area (Å²) in [4.78, 5) is 31.9. The van der Waals surface area contributed by atoms with Gasteiger partial charge in [-0.15, -0.1) is 0 Å². The summed E-state index contributed by atoms with van der Waals surface area (Å²) in [5.74, 6) is -0.0201. The molecule has 1 aliphatic rings. The molecule has 8 nitrogen and oxygen atoms in total. The molecule has 3 rings (SSSR count). The minimum atomic E-state index is -0.0201. The number of aromatic nitrogens is 3. The van der Waals surface area contributed by atoms with Crippen LogP contribution in [0.4, 0.5) is 4.79 Å². The lowest BCUT2D eigenvalue weighted by Crippen LogP contribution is -2.38. The quantitative estimate of drug-likeness (QED) is 0.863. The zero-order chi connectivity index (χ0) is 19.2. The third-order valence-electron chi connectivity index (χ3n) is 4.52. The van der Waals surface area contributed by atoms with Gasteiger partial charge in [-0.3, -0.25) is 14.5 Å². The van der Waals surface area contributed by atoms with Crippen molar-refractivity contribution in [2.75, 3.05) is 20.6 Å². The van der Waals surface area contributed by atoms with Gasteiger partial charge in [0, 0.05) is 45.5 Å². The Morgan fingerprint density at radius 2 is 2.07 bits per heavy atom. The highest BCUT2D eigenvalue weighted by Gasteiger charge is 2.21. The zero-order valence-electron chi connectivity index (χ0n) is 15.9. The zero-order valence-corrected chi connectivity index (χ0v) is 15.9. The largest absolute Gasteiger partial charge is 0.350 e. The van der Waals surface area contributed by atoms with Gasteiger partial charge in [0.15, 0.2) is 0 Å². The summed E-state index contributed by atoms with van der Waals surface area (Å²) in [5, 5.41) is 7.49.